The van der Waals surface area contributed by atoms with Crippen molar-refractivity contribution < 1.29 is 14.3 Å². The summed E-state index contributed by atoms with van der Waals surface area (Å²) >= 11 is 0. The minimum atomic E-state index is -0.413. The van der Waals surface area contributed by atoms with Gasteiger partial charge in [-0.05, 0) is 61.3 Å². The molecule has 202 valence electrons. The van der Waals surface area contributed by atoms with Crippen LogP contribution in [0.3, 0.4) is 0 Å². The number of hydrogen-bond donors (Lipinski definition) is 2. The van der Waals surface area contributed by atoms with Crippen molar-refractivity contribution in [3.63, 3.8) is 0 Å². The molecule has 0 atom stereocenters. The number of amides is 1. The van der Waals surface area contributed by atoms with Crippen molar-refractivity contribution >= 4 is 34.5 Å². The average molecular weight is 532 g/mol. The predicted molar refractivity (Wildman–Crippen MR) is 161 cm³/mol. The Hall–Kier alpha value is -4.68. The highest BCUT2D eigenvalue weighted by Crippen LogP contribution is 2.38. The Kier molecular flexibility index (Phi) is 8.38. The van der Waals surface area contributed by atoms with Gasteiger partial charge >= 0.3 is 5.97 Å². The van der Waals surface area contributed by atoms with E-state index >= 15 is 0 Å². The van der Waals surface area contributed by atoms with Gasteiger partial charge in [0.15, 0.2) is 0 Å². The van der Waals surface area contributed by atoms with Crippen LogP contribution in [0.5, 0.6) is 0 Å². The molecular formula is C34H33N3O3. The Morgan fingerprint density at radius 2 is 1.55 bits per heavy atom. The fourth-order valence-electron chi connectivity index (χ4n) is 4.84. The first kappa shape index (κ1) is 26.9. The molecule has 0 saturated carbocycles. The monoisotopic (exact) mass is 531 g/mol. The molecule has 5 rings (SSSR count). The standard InChI is InChI=1S/C34H33N3O3/c1-3-40-34(39)27-16-19-29-30(22-27)36-33(38)31(29)32(26-12-8-5-9-13-26)35-28-17-14-25(15-18-28)23-37(2)21-20-24-10-6-4-7-11-24/h4-19,22,35H,3,20-21,23H2,1-2H3,(H,36,38). The Morgan fingerprint density at radius 3 is 2.25 bits per heavy atom. The van der Waals surface area contributed by atoms with Crippen molar-refractivity contribution in [3.8, 4) is 0 Å². The number of nitrogens with zero attached hydrogens (tertiary/aromatic N) is 1. The highest BCUT2D eigenvalue weighted by atomic mass is 16.5. The van der Waals surface area contributed by atoms with Crippen molar-refractivity contribution in [1.82, 2.24) is 4.90 Å². The van der Waals surface area contributed by atoms with Gasteiger partial charge in [-0.1, -0.05) is 78.9 Å². The van der Waals surface area contributed by atoms with E-state index in [-0.39, 0.29) is 12.5 Å². The van der Waals surface area contributed by atoms with Crippen LogP contribution in [0.1, 0.15) is 39.5 Å². The zero-order chi connectivity index (χ0) is 27.9. The maximum atomic E-state index is 13.3. The molecule has 2 N–H and O–H groups in total. The summed E-state index contributed by atoms with van der Waals surface area (Å²) in [5.41, 5.74) is 7.29. The SMILES string of the molecule is CCOC(=O)c1ccc2c(c1)NC(=O)C2=C(Nc1ccc(CN(C)CCc2ccccc2)cc1)c1ccccc1. The first-order valence-electron chi connectivity index (χ1n) is 13.5. The van der Waals surface area contributed by atoms with E-state index in [1.54, 1.807) is 25.1 Å². The Bertz CT molecular complexity index is 1510. The number of carbonyl (C=O) groups is 2. The van der Waals surface area contributed by atoms with Crippen LogP contribution in [0, 0.1) is 0 Å². The van der Waals surface area contributed by atoms with Gasteiger partial charge < -0.3 is 20.3 Å². The minimum Gasteiger partial charge on any atom is -0.462 e. The summed E-state index contributed by atoms with van der Waals surface area (Å²) in [6.45, 7) is 3.87. The summed E-state index contributed by atoms with van der Waals surface area (Å²) in [6.07, 6.45) is 1.01. The van der Waals surface area contributed by atoms with Crippen LogP contribution < -0.4 is 10.6 Å². The van der Waals surface area contributed by atoms with Crippen LogP contribution in [0.2, 0.25) is 0 Å². The summed E-state index contributed by atoms with van der Waals surface area (Å²) in [5.74, 6) is -0.636. The van der Waals surface area contributed by atoms with Crippen molar-refractivity contribution in [2.24, 2.45) is 0 Å². The quantitative estimate of drug-likeness (QED) is 0.181. The zero-order valence-corrected chi connectivity index (χ0v) is 22.8. The highest BCUT2D eigenvalue weighted by Gasteiger charge is 2.29. The Morgan fingerprint density at radius 1 is 0.850 bits per heavy atom. The molecule has 0 unspecified atom stereocenters. The van der Waals surface area contributed by atoms with Gasteiger partial charge in [-0.25, -0.2) is 4.79 Å². The molecule has 4 aromatic rings. The molecule has 40 heavy (non-hydrogen) atoms. The Balaban J connectivity index is 1.37. The number of nitrogens with one attached hydrogen (secondary N) is 2. The van der Waals surface area contributed by atoms with E-state index in [1.165, 1.54) is 11.1 Å². The minimum absolute atomic E-state index is 0.223. The molecule has 1 amide bonds. The van der Waals surface area contributed by atoms with Gasteiger partial charge in [-0.2, -0.15) is 0 Å². The molecule has 0 saturated heterocycles. The molecule has 0 aliphatic carbocycles. The zero-order valence-electron chi connectivity index (χ0n) is 22.8. The van der Waals surface area contributed by atoms with Crippen molar-refractivity contribution in [1.29, 1.82) is 0 Å². The molecule has 0 spiro atoms. The average Bonchev–Trinajstić information content (AvgIpc) is 3.31. The number of benzene rings is 4. The highest BCUT2D eigenvalue weighted by molar-refractivity contribution is 6.37. The van der Waals surface area contributed by atoms with Crippen molar-refractivity contribution in [3.05, 3.63) is 131 Å². The van der Waals surface area contributed by atoms with Gasteiger partial charge in [-0.3, -0.25) is 4.79 Å². The second kappa shape index (κ2) is 12.5. The fourth-order valence-corrected chi connectivity index (χ4v) is 4.84. The third-order valence-corrected chi connectivity index (χ3v) is 6.89. The van der Waals surface area contributed by atoms with Crippen LogP contribution in [-0.2, 0) is 22.5 Å². The predicted octanol–water partition coefficient (Wildman–Crippen LogP) is 6.47. The van der Waals surface area contributed by atoms with E-state index in [9.17, 15) is 9.59 Å². The van der Waals surface area contributed by atoms with Crippen molar-refractivity contribution in [2.75, 3.05) is 30.8 Å². The number of esters is 1. The fraction of sp³-hybridized carbons (Fsp3) is 0.176. The van der Waals surface area contributed by atoms with E-state index in [0.29, 0.717) is 22.5 Å². The van der Waals surface area contributed by atoms with Crippen LogP contribution in [0.25, 0.3) is 11.3 Å². The van der Waals surface area contributed by atoms with E-state index in [1.807, 2.05) is 48.5 Å². The van der Waals surface area contributed by atoms with Gasteiger partial charge in [0.05, 0.1) is 29.1 Å². The summed E-state index contributed by atoms with van der Waals surface area (Å²) in [6, 6.07) is 33.8. The topological polar surface area (TPSA) is 70.7 Å². The van der Waals surface area contributed by atoms with Gasteiger partial charge in [0.2, 0.25) is 0 Å². The third kappa shape index (κ3) is 6.30. The van der Waals surface area contributed by atoms with E-state index < -0.39 is 5.97 Å². The maximum absolute atomic E-state index is 13.3. The number of anilines is 2. The third-order valence-electron chi connectivity index (χ3n) is 6.89. The summed E-state index contributed by atoms with van der Waals surface area (Å²) in [5, 5.41) is 6.43. The van der Waals surface area contributed by atoms with Crippen LogP contribution in [0.15, 0.2) is 103 Å². The molecule has 1 aliphatic rings. The van der Waals surface area contributed by atoms with Crippen molar-refractivity contribution in [2.45, 2.75) is 19.9 Å². The number of hydrogen-bond acceptors (Lipinski definition) is 5. The second-order valence-electron chi connectivity index (χ2n) is 9.85. The van der Waals surface area contributed by atoms with Crippen LogP contribution >= 0.6 is 0 Å². The summed E-state index contributed by atoms with van der Waals surface area (Å²) in [7, 11) is 2.14. The van der Waals surface area contributed by atoms with Gasteiger partial charge in [0, 0.05) is 24.3 Å². The summed E-state index contributed by atoms with van der Waals surface area (Å²) in [4.78, 5) is 27.8. The van der Waals surface area contributed by atoms with Gasteiger partial charge in [-0.15, -0.1) is 0 Å². The molecule has 1 heterocycles. The molecule has 6 heteroatoms. The normalized spacial score (nSPS) is 13.5. The number of carbonyl (C=O) groups excluding carboxylic acids is 2. The molecule has 6 nitrogen and oxygen atoms in total. The smallest absolute Gasteiger partial charge is 0.338 e. The van der Waals surface area contributed by atoms with E-state index in [4.69, 9.17) is 4.74 Å². The molecular weight excluding hydrogens is 498 g/mol. The molecule has 0 fully saturated rings. The second-order valence-corrected chi connectivity index (χ2v) is 9.85. The number of rotatable bonds is 10. The molecule has 0 radical (unpaired) electrons. The van der Waals surface area contributed by atoms with Crippen LogP contribution in [0.4, 0.5) is 11.4 Å². The lowest BCUT2D eigenvalue weighted by molar-refractivity contribution is -0.110. The maximum Gasteiger partial charge on any atom is 0.338 e. The summed E-state index contributed by atoms with van der Waals surface area (Å²) < 4.78 is 5.13. The van der Waals surface area contributed by atoms with E-state index in [0.717, 1.165) is 36.3 Å². The lowest BCUT2D eigenvalue weighted by atomic mass is 9.99. The van der Waals surface area contributed by atoms with Gasteiger partial charge in [0.1, 0.15) is 0 Å². The lowest BCUT2D eigenvalue weighted by Gasteiger charge is -2.18. The first-order valence-corrected chi connectivity index (χ1v) is 13.5. The van der Waals surface area contributed by atoms with Gasteiger partial charge in [0.25, 0.3) is 5.91 Å². The number of fused-ring (bicyclic) bond motifs is 1. The molecule has 0 bridgehead atoms. The molecule has 4 aromatic carbocycles. The van der Waals surface area contributed by atoms with Crippen LogP contribution in [-0.4, -0.2) is 37.0 Å². The largest absolute Gasteiger partial charge is 0.462 e. The number of ether oxygens (including phenoxy) is 1. The Labute approximate surface area is 235 Å². The number of likely N-dealkylation sites (N-methyl/N-ethyl adjacent to an activating group) is 1. The van der Waals surface area contributed by atoms with E-state index in [2.05, 4.69) is 59.0 Å². The molecule has 1 aliphatic heterocycles. The molecule has 0 aromatic heterocycles. The lowest BCUT2D eigenvalue weighted by Crippen LogP contribution is -2.20. The first-order chi connectivity index (χ1) is 19.5.